The van der Waals surface area contributed by atoms with Crippen molar-refractivity contribution >= 4 is 29.5 Å². The molecule has 0 aliphatic carbocycles. The molecule has 3 rings (SSSR count). The van der Waals surface area contributed by atoms with Crippen LogP contribution in [0.15, 0.2) is 54.1 Å². The van der Waals surface area contributed by atoms with E-state index < -0.39 is 24.4 Å². The van der Waals surface area contributed by atoms with Crippen LogP contribution in [0.4, 0.5) is 5.69 Å². The Morgan fingerprint density at radius 2 is 1.89 bits per heavy atom. The molecule has 8 heteroatoms. The zero-order valence-electron chi connectivity index (χ0n) is 14.3. The topological polar surface area (TPSA) is 105 Å². The van der Waals surface area contributed by atoms with Crippen LogP contribution in [-0.2, 0) is 14.4 Å². The molecule has 2 aromatic carbocycles. The van der Waals surface area contributed by atoms with Gasteiger partial charge < -0.3 is 14.6 Å². The molecule has 138 valence electrons. The second-order valence-electron chi connectivity index (χ2n) is 5.57. The van der Waals surface area contributed by atoms with Crippen LogP contribution in [0.5, 0.6) is 11.5 Å². The number of hydrazine groups is 1. The summed E-state index contributed by atoms with van der Waals surface area (Å²) >= 11 is 0. The number of carbonyl (C=O) groups is 3. The summed E-state index contributed by atoms with van der Waals surface area (Å²) in [6.45, 7) is -0.510. The Morgan fingerprint density at radius 3 is 2.56 bits per heavy atom. The van der Waals surface area contributed by atoms with Gasteiger partial charge in [-0.3, -0.25) is 15.0 Å². The van der Waals surface area contributed by atoms with Crippen molar-refractivity contribution in [2.45, 2.75) is 0 Å². The molecule has 2 N–H and O–H groups in total. The van der Waals surface area contributed by atoms with Crippen LogP contribution in [0.1, 0.15) is 5.56 Å². The number of hydrogen-bond donors (Lipinski definition) is 2. The minimum atomic E-state index is -1.11. The summed E-state index contributed by atoms with van der Waals surface area (Å²) in [6, 6.07) is 13.4. The lowest BCUT2D eigenvalue weighted by Gasteiger charge is -2.13. The molecule has 1 saturated heterocycles. The predicted molar refractivity (Wildman–Crippen MR) is 96.2 cm³/mol. The lowest BCUT2D eigenvalue weighted by molar-refractivity contribution is -0.139. The second-order valence-corrected chi connectivity index (χ2v) is 5.57. The first-order valence-electron chi connectivity index (χ1n) is 7.94. The van der Waals surface area contributed by atoms with Gasteiger partial charge in [0, 0.05) is 0 Å². The number of benzene rings is 2. The minimum Gasteiger partial charge on any atom is -0.493 e. The summed E-state index contributed by atoms with van der Waals surface area (Å²) in [5.74, 6) is -1.57. The number of ether oxygens (including phenoxy) is 2. The minimum absolute atomic E-state index is 0.0277. The van der Waals surface area contributed by atoms with E-state index in [1.165, 1.54) is 24.3 Å². The summed E-state index contributed by atoms with van der Waals surface area (Å²) in [7, 11) is 1.41. The van der Waals surface area contributed by atoms with Crippen LogP contribution in [0.25, 0.3) is 6.08 Å². The maximum Gasteiger partial charge on any atom is 0.341 e. The average Bonchev–Trinajstić information content (AvgIpc) is 2.95. The molecule has 0 radical (unpaired) electrons. The molecule has 0 atom stereocenters. The molecule has 1 aliphatic heterocycles. The fraction of sp³-hybridized carbons (Fsp3) is 0.105. The van der Waals surface area contributed by atoms with E-state index in [-0.39, 0.29) is 17.1 Å². The molecule has 1 heterocycles. The summed E-state index contributed by atoms with van der Waals surface area (Å²) in [4.78, 5) is 35.4. The molecule has 0 unspecified atom stereocenters. The monoisotopic (exact) mass is 368 g/mol. The van der Waals surface area contributed by atoms with Crippen LogP contribution in [0, 0.1) is 0 Å². The van der Waals surface area contributed by atoms with Crippen molar-refractivity contribution in [3.8, 4) is 11.5 Å². The molecule has 8 nitrogen and oxygen atoms in total. The molecular weight excluding hydrogens is 352 g/mol. The largest absolute Gasteiger partial charge is 0.493 e. The SMILES string of the molecule is COc1cc(/C=C2/C(=O)NN(c3ccccc3)C2=O)ccc1OCC(=O)O. The van der Waals surface area contributed by atoms with Gasteiger partial charge in [0.05, 0.1) is 12.8 Å². The zero-order valence-corrected chi connectivity index (χ0v) is 14.3. The number of nitrogens with one attached hydrogen (secondary N) is 1. The number of anilines is 1. The molecule has 27 heavy (non-hydrogen) atoms. The summed E-state index contributed by atoms with van der Waals surface area (Å²) < 4.78 is 10.3. The molecule has 2 amide bonds. The first-order valence-corrected chi connectivity index (χ1v) is 7.94. The fourth-order valence-electron chi connectivity index (χ4n) is 2.52. The van der Waals surface area contributed by atoms with Gasteiger partial charge in [-0.1, -0.05) is 24.3 Å². The number of hydrogen-bond acceptors (Lipinski definition) is 5. The summed E-state index contributed by atoms with van der Waals surface area (Å²) in [6.07, 6.45) is 1.43. The second kappa shape index (κ2) is 7.61. The quantitative estimate of drug-likeness (QED) is 0.593. The molecule has 1 aliphatic rings. The third-order valence-electron chi connectivity index (χ3n) is 3.76. The Kier molecular flexibility index (Phi) is 5.07. The van der Waals surface area contributed by atoms with Gasteiger partial charge >= 0.3 is 5.97 Å². The fourth-order valence-corrected chi connectivity index (χ4v) is 2.52. The molecule has 0 spiro atoms. The van der Waals surface area contributed by atoms with Gasteiger partial charge in [0.1, 0.15) is 5.57 Å². The normalized spacial score (nSPS) is 15.0. The number of nitrogens with zero attached hydrogens (tertiary/aromatic N) is 1. The van der Waals surface area contributed by atoms with Crippen molar-refractivity contribution in [2.24, 2.45) is 0 Å². The number of methoxy groups -OCH3 is 1. The van der Waals surface area contributed by atoms with E-state index in [4.69, 9.17) is 14.6 Å². The Labute approximate surface area is 154 Å². The Morgan fingerprint density at radius 1 is 1.15 bits per heavy atom. The van der Waals surface area contributed by atoms with E-state index in [2.05, 4.69) is 5.43 Å². The van der Waals surface area contributed by atoms with Gasteiger partial charge in [0.2, 0.25) is 0 Å². The van der Waals surface area contributed by atoms with Crippen molar-refractivity contribution in [3.05, 3.63) is 59.7 Å². The van der Waals surface area contributed by atoms with Gasteiger partial charge in [0.25, 0.3) is 11.8 Å². The Bertz CT molecular complexity index is 923. The predicted octanol–water partition coefficient (Wildman–Crippen LogP) is 1.62. The number of carboxylic acid groups (broad SMARTS) is 1. The van der Waals surface area contributed by atoms with Crippen LogP contribution < -0.4 is 19.9 Å². The van der Waals surface area contributed by atoms with Gasteiger partial charge in [-0.25, -0.2) is 9.80 Å². The van der Waals surface area contributed by atoms with Crippen molar-refractivity contribution < 1.29 is 29.0 Å². The number of rotatable bonds is 6. The summed E-state index contributed by atoms with van der Waals surface area (Å²) in [5, 5.41) is 9.87. The number of carbonyl (C=O) groups excluding carboxylic acids is 2. The summed E-state index contributed by atoms with van der Waals surface area (Å²) in [5.41, 5.74) is 3.57. The van der Waals surface area contributed by atoms with E-state index in [0.717, 1.165) is 0 Å². The maximum absolute atomic E-state index is 12.6. The van der Waals surface area contributed by atoms with E-state index in [1.807, 2.05) is 6.07 Å². The first-order chi connectivity index (χ1) is 13.0. The van der Waals surface area contributed by atoms with Crippen LogP contribution in [0.3, 0.4) is 0 Å². The highest BCUT2D eigenvalue weighted by atomic mass is 16.5. The Balaban J connectivity index is 1.86. The van der Waals surface area contributed by atoms with Crippen LogP contribution in [0.2, 0.25) is 0 Å². The van der Waals surface area contributed by atoms with E-state index in [1.54, 1.807) is 36.4 Å². The highest BCUT2D eigenvalue weighted by Gasteiger charge is 2.34. The molecule has 2 aromatic rings. The van der Waals surface area contributed by atoms with Gasteiger partial charge in [-0.2, -0.15) is 0 Å². The van der Waals surface area contributed by atoms with Crippen molar-refractivity contribution in [2.75, 3.05) is 18.7 Å². The molecule has 0 aromatic heterocycles. The average molecular weight is 368 g/mol. The number of para-hydroxylation sites is 1. The first kappa shape index (κ1) is 18.0. The van der Waals surface area contributed by atoms with Crippen LogP contribution in [-0.4, -0.2) is 36.6 Å². The molecule has 0 saturated carbocycles. The Hall–Kier alpha value is -3.81. The number of aliphatic carboxylic acids is 1. The molecular formula is C19H16N2O6. The van der Waals surface area contributed by atoms with Crippen molar-refractivity contribution in [1.82, 2.24) is 5.43 Å². The third kappa shape index (κ3) is 3.90. The lowest BCUT2D eigenvalue weighted by atomic mass is 10.1. The molecule has 0 bridgehead atoms. The standard InChI is InChI=1S/C19H16N2O6/c1-26-16-10-12(7-8-15(16)27-11-17(22)23)9-14-18(24)20-21(19(14)25)13-5-3-2-4-6-13/h2-10H,11H2,1H3,(H,20,24)(H,22,23)/b14-9-. The van der Waals surface area contributed by atoms with Gasteiger partial charge in [0.15, 0.2) is 18.1 Å². The maximum atomic E-state index is 12.6. The van der Waals surface area contributed by atoms with Crippen molar-refractivity contribution in [1.29, 1.82) is 0 Å². The highest BCUT2D eigenvalue weighted by molar-refractivity contribution is 6.31. The van der Waals surface area contributed by atoms with Gasteiger partial charge in [-0.05, 0) is 35.9 Å². The zero-order chi connectivity index (χ0) is 19.4. The number of amides is 2. The van der Waals surface area contributed by atoms with Crippen LogP contribution >= 0.6 is 0 Å². The van der Waals surface area contributed by atoms with E-state index in [0.29, 0.717) is 11.3 Å². The smallest absolute Gasteiger partial charge is 0.341 e. The third-order valence-corrected chi connectivity index (χ3v) is 3.76. The highest BCUT2D eigenvalue weighted by Crippen LogP contribution is 2.29. The van der Waals surface area contributed by atoms with E-state index >= 15 is 0 Å². The van der Waals surface area contributed by atoms with Gasteiger partial charge in [-0.15, -0.1) is 0 Å². The van der Waals surface area contributed by atoms with Crippen molar-refractivity contribution in [3.63, 3.8) is 0 Å². The number of carboxylic acids is 1. The molecule has 1 fully saturated rings. The van der Waals surface area contributed by atoms with E-state index in [9.17, 15) is 14.4 Å². The lowest BCUT2D eigenvalue weighted by Crippen LogP contribution is -2.35.